The second-order valence-corrected chi connectivity index (χ2v) is 6.94. The monoisotopic (exact) mass is 393 g/mol. The van der Waals surface area contributed by atoms with Crippen LogP contribution in [0.15, 0.2) is 33.2 Å². The molecule has 0 aliphatic heterocycles. The maximum Gasteiger partial charge on any atom is 0.331 e. The Morgan fingerprint density at radius 2 is 2.04 bits per heavy atom. The molecule has 0 radical (unpaired) electrons. The van der Waals surface area contributed by atoms with Crippen LogP contribution in [-0.4, -0.2) is 24.0 Å². The molecule has 24 heavy (non-hydrogen) atoms. The second kappa shape index (κ2) is 6.97. The molecule has 1 aliphatic carbocycles. The largest absolute Gasteiger partial charge is 0.464 e. The van der Waals surface area contributed by atoms with Crippen molar-refractivity contribution in [3.8, 4) is 0 Å². The van der Waals surface area contributed by atoms with Gasteiger partial charge in [0.2, 0.25) is 0 Å². The fraction of sp³-hybridized carbons (Fsp3) is 0.444. The van der Waals surface area contributed by atoms with E-state index in [0.717, 1.165) is 29.1 Å². The maximum absolute atomic E-state index is 12.7. The third kappa shape index (κ3) is 3.20. The number of fused-ring (bicyclic) bond motifs is 1. The average Bonchev–Trinajstić information content (AvgIpc) is 3.02. The predicted molar refractivity (Wildman–Crippen MR) is 93.8 cm³/mol. The van der Waals surface area contributed by atoms with Crippen LogP contribution in [0.4, 0.5) is 0 Å². The molecule has 0 atom stereocenters. The van der Waals surface area contributed by atoms with Gasteiger partial charge in [0.05, 0.1) is 11.1 Å². The van der Waals surface area contributed by atoms with Crippen LogP contribution in [0.3, 0.4) is 0 Å². The molecule has 0 unspecified atom stereocenters. The van der Waals surface area contributed by atoms with Gasteiger partial charge < -0.3 is 14.5 Å². The molecule has 1 N–H and O–H groups in total. The van der Waals surface area contributed by atoms with E-state index < -0.39 is 5.54 Å². The van der Waals surface area contributed by atoms with Crippen molar-refractivity contribution in [1.82, 2.24) is 5.32 Å². The molecule has 0 bridgehead atoms. The third-order valence-corrected chi connectivity index (χ3v) is 5.07. The van der Waals surface area contributed by atoms with E-state index in [2.05, 4.69) is 21.2 Å². The summed E-state index contributed by atoms with van der Waals surface area (Å²) < 4.78 is 11.7. The first-order chi connectivity index (χ1) is 11.6. The van der Waals surface area contributed by atoms with E-state index in [4.69, 9.17) is 9.15 Å². The minimum atomic E-state index is -0.943. The molecular weight excluding hydrogens is 374 g/mol. The summed E-state index contributed by atoms with van der Waals surface area (Å²) in [5.74, 6) is -0.533. The molecule has 1 aromatic heterocycles. The van der Waals surface area contributed by atoms with Crippen LogP contribution < -0.4 is 5.32 Å². The Morgan fingerprint density at radius 1 is 1.29 bits per heavy atom. The van der Waals surface area contributed by atoms with Crippen molar-refractivity contribution >= 4 is 38.8 Å². The molecule has 1 aliphatic rings. The van der Waals surface area contributed by atoms with Crippen LogP contribution in [0, 0.1) is 0 Å². The van der Waals surface area contributed by atoms with Gasteiger partial charge in [-0.1, -0.05) is 31.4 Å². The number of benzene rings is 1. The zero-order chi connectivity index (χ0) is 17.2. The van der Waals surface area contributed by atoms with E-state index in [1.807, 2.05) is 18.2 Å². The third-order valence-electron chi connectivity index (χ3n) is 4.45. The Labute approximate surface area is 148 Å². The van der Waals surface area contributed by atoms with E-state index in [9.17, 15) is 9.59 Å². The van der Waals surface area contributed by atoms with Gasteiger partial charge in [-0.15, -0.1) is 0 Å². The molecule has 1 heterocycles. The highest BCUT2D eigenvalue weighted by atomic mass is 79.9. The van der Waals surface area contributed by atoms with Crippen LogP contribution in [0.2, 0.25) is 0 Å². The molecule has 3 rings (SSSR count). The fourth-order valence-electron chi connectivity index (χ4n) is 3.22. The Morgan fingerprint density at radius 3 is 2.71 bits per heavy atom. The van der Waals surface area contributed by atoms with Crippen LogP contribution in [0.1, 0.15) is 49.6 Å². The van der Waals surface area contributed by atoms with Gasteiger partial charge in [-0.05, 0) is 47.8 Å². The predicted octanol–water partition coefficient (Wildman–Crippen LogP) is 4.19. The first kappa shape index (κ1) is 17.0. The highest BCUT2D eigenvalue weighted by molar-refractivity contribution is 9.10. The highest BCUT2D eigenvalue weighted by Crippen LogP contribution is 2.31. The van der Waals surface area contributed by atoms with Crippen molar-refractivity contribution in [1.29, 1.82) is 0 Å². The van der Waals surface area contributed by atoms with Crippen LogP contribution in [0.5, 0.6) is 0 Å². The van der Waals surface area contributed by atoms with Gasteiger partial charge in [0.15, 0.2) is 5.76 Å². The molecule has 2 aromatic rings. The van der Waals surface area contributed by atoms with Gasteiger partial charge in [-0.3, -0.25) is 4.79 Å². The van der Waals surface area contributed by atoms with Gasteiger partial charge in [0.25, 0.3) is 5.91 Å². The molecule has 0 spiro atoms. The first-order valence-corrected chi connectivity index (χ1v) is 9.03. The smallest absolute Gasteiger partial charge is 0.331 e. The van der Waals surface area contributed by atoms with Gasteiger partial charge >= 0.3 is 5.97 Å². The van der Waals surface area contributed by atoms with E-state index in [0.29, 0.717) is 25.0 Å². The van der Waals surface area contributed by atoms with Gasteiger partial charge in [0.1, 0.15) is 11.1 Å². The van der Waals surface area contributed by atoms with Crippen molar-refractivity contribution in [2.75, 3.05) is 6.61 Å². The number of carbonyl (C=O) groups is 2. The van der Waals surface area contributed by atoms with E-state index in [1.165, 1.54) is 0 Å². The maximum atomic E-state index is 12.7. The molecule has 1 saturated carbocycles. The summed E-state index contributed by atoms with van der Waals surface area (Å²) in [6.07, 6.45) is 4.05. The summed E-state index contributed by atoms with van der Waals surface area (Å²) in [4.78, 5) is 25.1. The summed E-state index contributed by atoms with van der Waals surface area (Å²) in [6.45, 7) is 2.07. The molecule has 128 valence electrons. The average molecular weight is 394 g/mol. The summed E-state index contributed by atoms with van der Waals surface area (Å²) in [7, 11) is 0. The summed E-state index contributed by atoms with van der Waals surface area (Å²) in [5, 5.41) is 3.73. The lowest BCUT2D eigenvalue weighted by Crippen LogP contribution is -2.56. The van der Waals surface area contributed by atoms with Crippen molar-refractivity contribution < 1.29 is 18.7 Å². The van der Waals surface area contributed by atoms with Crippen molar-refractivity contribution in [2.24, 2.45) is 0 Å². The second-order valence-electron chi connectivity index (χ2n) is 6.09. The number of para-hydroxylation sites is 1. The van der Waals surface area contributed by atoms with Crippen molar-refractivity contribution in [2.45, 2.75) is 44.6 Å². The lowest BCUT2D eigenvalue weighted by atomic mass is 9.81. The van der Waals surface area contributed by atoms with Gasteiger partial charge in [-0.2, -0.15) is 0 Å². The standard InChI is InChI=1S/C18H20BrNO4/c1-2-23-17(22)18(9-4-3-5-10-18)20-16(21)14-11-12-7-6-8-13(19)15(12)24-14/h6-8,11H,2-5,9-10H2,1H3,(H,20,21). The SMILES string of the molecule is CCOC(=O)C1(NC(=O)c2cc3cccc(Br)c3o2)CCCCC1. The van der Waals surface area contributed by atoms with Crippen LogP contribution in [-0.2, 0) is 9.53 Å². The normalized spacial score (nSPS) is 16.8. The van der Waals surface area contributed by atoms with Crippen LogP contribution >= 0.6 is 15.9 Å². The molecule has 1 fully saturated rings. The van der Waals surface area contributed by atoms with Crippen molar-refractivity contribution in [3.63, 3.8) is 0 Å². The zero-order valence-corrected chi connectivity index (χ0v) is 15.1. The van der Waals surface area contributed by atoms with Gasteiger partial charge in [0, 0.05) is 5.39 Å². The molecule has 6 heteroatoms. The minimum Gasteiger partial charge on any atom is -0.464 e. The number of amides is 1. The summed E-state index contributed by atoms with van der Waals surface area (Å²) in [5.41, 5.74) is -0.321. The van der Waals surface area contributed by atoms with E-state index >= 15 is 0 Å². The number of halogens is 1. The number of ether oxygens (including phenoxy) is 1. The molecule has 0 saturated heterocycles. The lowest BCUT2D eigenvalue weighted by Gasteiger charge is -2.35. The Kier molecular flexibility index (Phi) is 4.94. The van der Waals surface area contributed by atoms with E-state index in [1.54, 1.807) is 13.0 Å². The van der Waals surface area contributed by atoms with E-state index in [-0.39, 0.29) is 17.6 Å². The topological polar surface area (TPSA) is 68.5 Å². The number of carbonyl (C=O) groups excluding carboxylic acids is 2. The molecule has 5 nitrogen and oxygen atoms in total. The Balaban J connectivity index is 1.86. The molecule has 1 aromatic carbocycles. The quantitative estimate of drug-likeness (QED) is 0.790. The van der Waals surface area contributed by atoms with Crippen molar-refractivity contribution in [3.05, 3.63) is 34.5 Å². The van der Waals surface area contributed by atoms with Crippen LogP contribution in [0.25, 0.3) is 11.0 Å². The summed E-state index contributed by atoms with van der Waals surface area (Å²) in [6, 6.07) is 7.30. The highest BCUT2D eigenvalue weighted by Gasteiger charge is 2.42. The number of nitrogens with one attached hydrogen (secondary N) is 1. The van der Waals surface area contributed by atoms with Gasteiger partial charge in [-0.25, -0.2) is 4.79 Å². The number of rotatable bonds is 4. The number of furan rings is 1. The molecular formula is C18H20BrNO4. The Hall–Kier alpha value is -1.82. The first-order valence-electron chi connectivity index (χ1n) is 8.23. The minimum absolute atomic E-state index is 0.200. The number of hydrogen-bond acceptors (Lipinski definition) is 4. The number of esters is 1. The fourth-order valence-corrected chi connectivity index (χ4v) is 3.69. The summed E-state index contributed by atoms with van der Waals surface area (Å²) >= 11 is 3.41. The zero-order valence-electron chi connectivity index (χ0n) is 13.6. The number of hydrogen-bond donors (Lipinski definition) is 1. The lowest BCUT2D eigenvalue weighted by molar-refractivity contribution is -0.152. The Bertz CT molecular complexity index is 761. The molecule has 1 amide bonds.